The highest BCUT2D eigenvalue weighted by molar-refractivity contribution is 5.95. The van der Waals surface area contributed by atoms with Gasteiger partial charge >= 0.3 is 0 Å². The molecule has 3 aromatic rings. The summed E-state index contributed by atoms with van der Waals surface area (Å²) in [6.45, 7) is 5.49. The number of aromatic nitrogens is 1. The molecule has 0 aliphatic carbocycles. The zero-order chi connectivity index (χ0) is 20.6. The number of rotatable bonds is 9. The minimum absolute atomic E-state index is 0.564. The van der Waals surface area contributed by atoms with Gasteiger partial charge in [0.05, 0.1) is 19.2 Å². The predicted molar refractivity (Wildman–Crippen MR) is 119 cm³/mol. The van der Waals surface area contributed by atoms with E-state index in [1.165, 1.54) is 5.57 Å². The van der Waals surface area contributed by atoms with Crippen molar-refractivity contribution >= 4 is 10.9 Å². The van der Waals surface area contributed by atoms with Crippen LogP contribution in [-0.4, -0.2) is 25.8 Å². The van der Waals surface area contributed by atoms with Crippen LogP contribution in [0, 0.1) is 0 Å². The lowest BCUT2D eigenvalue weighted by Gasteiger charge is -2.13. The molecule has 29 heavy (non-hydrogen) atoms. The van der Waals surface area contributed by atoms with E-state index >= 15 is 0 Å². The molecule has 0 radical (unpaired) electrons. The van der Waals surface area contributed by atoms with E-state index in [0.717, 1.165) is 46.2 Å². The molecule has 0 aliphatic heterocycles. The molecule has 0 atom stereocenters. The summed E-state index contributed by atoms with van der Waals surface area (Å²) in [6.07, 6.45) is 4.27. The van der Waals surface area contributed by atoms with Crippen molar-refractivity contribution in [2.24, 2.45) is 0 Å². The van der Waals surface area contributed by atoms with Crippen LogP contribution in [0.5, 0.6) is 11.6 Å². The molecule has 0 saturated carbocycles. The number of hydrogen-bond donors (Lipinski definition) is 0. The second-order valence-corrected chi connectivity index (χ2v) is 6.94. The molecule has 0 saturated heterocycles. The normalized spacial score (nSPS) is 11.7. The van der Waals surface area contributed by atoms with Crippen molar-refractivity contribution in [1.82, 2.24) is 4.98 Å². The maximum Gasteiger partial charge on any atom is 0.214 e. The molecular formula is C25H29NO3. The van der Waals surface area contributed by atoms with Gasteiger partial charge in [-0.25, -0.2) is 4.98 Å². The summed E-state index contributed by atoms with van der Waals surface area (Å²) < 4.78 is 16.8. The van der Waals surface area contributed by atoms with Crippen LogP contribution in [0.15, 0.2) is 60.2 Å². The van der Waals surface area contributed by atoms with Crippen molar-refractivity contribution in [1.29, 1.82) is 0 Å². The third-order valence-corrected chi connectivity index (χ3v) is 4.89. The van der Waals surface area contributed by atoms with Gasteiger partial charge in [0.25, 0.3) is 0 Å². The van der Waals surface area contributed by atoms with E-state index in [0.29, 0.717) is 19.1 Å². The first-order chi connectivity index (χ1) is 14.2. The molecule has 3 rings (SSSR count). The molecule has 152 valence electrons. The topological polar surface area (TPSA) is 40.6 Å². The zero-order valence-corrected chi connectivity index (χ0v) is 17.7. The number of allylic oxidation sites excluding steroid dienone is 1. The summed E-state index contributed by atoms with van der Waals surface area (Å²) in [4.78, 5) is 4.59. The molecule has 0 N–H and O–H groups in total. The van der Waals surface area contributed by atoms with E-state index in [1.807, 2.05) is 30.3 Å². The lowest BCUT2D eigenvalue weighted by atomic mass is 9.99. The van der Waals surface area contributed by atoms with Gasteiger partial charge in [0.15, 0.2) is 0 Å². The van der Waals surface area contributed by atoms with E-state index in [1.54, 1.807) is 14.2 Å². The fourth-order valence-corrected chi connectivity index (χ4v) is 3.37. The Morgan fingerprint density at radius 3 is 2.62 bits per heavy atom. The Kier molecular flexibility index (Phi) is 7.25. The van der Waals surface area contributed by atoms with Gasteiger partial charge in [-0.15, -0.1) is 0 Å². The zero-order valence-electron chi connectivity index (χ0n) is 17.7. The van der Waals surface area contributed by atoms with Crippen LogP contribution in [0.3, 0.4) is 0 Å². The summed E-state index contributed by atoms with van der Waals surface area (Å²) in [5.74, 6) is 1.45. The second kappa shape index (κ2) is 10.1. The van der Waals surface area contributed by atoms with Gasteiger partial charge in [-0.1, -0.05) is 38.1 Å². The molecule has 0 amide bonds. The first-order valence-corrected chi connectivity index (χ1v) is 10.1. The minimum Gasteiger partial charge on any atom is -0.489 e. The number of benzene rings is 2. The summed E-state index contributed by atoms with van der Waals surface area (Å²) >= 11 is 0. The van der Waals surface area contributed by atoms with Crippen LogP contribution >= 0.6 is 0 Å². The highest BCUT2D eigenvalue weighted by Gasteiger charge is 2.11. The molecular weight excluding hydrogens is 362 g/mol. The van der Waals surface area contributed by atoms with Crippen molar-refractivity contribution in [2.75, 3.05) is 20.8 Å². The molecule has 4 heteroatoms. The predicted octanol–water partition coefficient (Wildman–Crippen LogP) is 6.18. The van der Waals surface area contributed by atoms with Crippen molar-refractivity contribution in [3.8, 4) is 22.8 Å². The third-order valence-electron chi connectivity index (χ3n) is 4.89. The van der Waals surface area contributed by atoms with Gasteiger partial charge in [0.1, 0.15) is 12.4 Å². The highest BCUT2D eigenvalue weighted by Crippen LogP contribution is 2.33. The maximum atomic E-state index is 6.07. The second-order valence-electron chi connectivity index (χ2n) is 6.94. The smallest absolute Gasteiger partial charge is 0.214 e. The first-order valence-electron chi connectivity index (χ1n) is 10.1. The van der Waals surface area contributed by atoms with Crippen LogP contribution in [-0.2, 0) is 11.3 Å². The number of hydrogen-bond acceptors (Lipinski definition) is 4. The first kappa shape index (κ1) is 20.9. The van der Waals surface area contributed by atoms with Gasteiger partial charge in [-0.3, -0.25) is 0 Å². The van der Waals surface area contributed by atoms with E-state index < -0.39 is 0 Å². The molecule has 1 heterocycles. The Morgan fingerprint density at radius 2 is 1.90 bits per heavy atom. The number of ether oxygens (including phenoxy) is 3. The molecule has 4 nitrogen and oxygen atoms in total. The van der Waals surface area contributed by atoms with E-state index in [9.17, 15) is 0 Å². The lowest BCUT2D eigenvalue weighted by Crippen LogP contribution is -2.01. The Hall–Kier alpha value is -2.85. The van der Waals surface area contributed by atoms with Gasteiger partial charge in [-0.05, 0) is 59.4 Å². The van der Waals surface area contributed by atoms with Crippen LogP contribution in [0.2, 0.25) is 0 Å². The van der Waals surface area contributed by atoms with Gasteiger partial charge in [0.2, 0.25) is 5.88 Å². The van der Waals surface area contributed by atoms with Gasteiger partial charge in [0, 0.05) is 18.6 Å². The molecule has 2 aromatic carbocycles. The van der Waals surface area contributed by atoms with E-state index in [4.69, 9.17) is 14.2 Å². The van der Waals surface area contributed by atoms with E-state index in [2.05, 4.69) is 43.1 Å². The van der Waals surface area contributed by atoms with Crippen LogP contribution in [0.1, 0.15) is 32.3 Å². The SMILES string of the molecule is CC/C=C(\CC)COc1cccc(-c2cc(OC)nc3ccc(COC)cc23)c1. The van der Waals surface area contributed by atoms with Crippen molar-refractivity contribution < 1.29 is 14.2 Å². The van der Waals surface area contributed by atoms with Crippen LogP contribution < -0.4 is 9.47 Å². The minimum atomic E-state index is 0.564. The summed E-state index contributed by atoms with van der Waals surface area (Å²) in [6, 6.07) is 16.4. The third kappa shape index (κ3) is 5.15. The molecule has 0 aliphatic rings. The largest absolute Gasteiger partial charge is 0.489 e. The monoisotopic (exact) mass is 391 g/mol. The number of nitrogens with zero attached hydrogens (tertiary/aromatic N) is 1. The Balaban J connectivity index is 2.00. The van der Waals surface area contributed by atoms with E-state index in [-0.39, 0.29) is 0 Å². The Labute approximate surface area is 173 Å². The standard InChI is InChI=1S/C25H29NO3/c1-5-8-18(6-2)17-29-21-10-7-9-20(14-21)22-15-25(28-4)26-24-12-11-19(16-27-3)13-23(22)24/h7-15H,5-6,16-17H2,1-4H3/b18-8+. The van der Waals surface area contributed by atoms with Crippen molar-refractivity contribution in [3.05, 3.63) is 65.7 Å². The number of fused-ring (bicyclic) bond motifs is 1. The average Bonchev–Trinajstić information content (AvgIpc) is 2.76. The average molecular weight is 392 g/mol. The molecule has 0 fully saturated rings. The van der Waals surface area contributed by atoms with Crippen LogP contribution in [0.4, 0.5) is 0 Å². The lowest BCUT2D eigenvalue weighted by molar-refractivity contribution is 0.185. The Morgan fingerprint density at radius 1 is 1.03 bits per heavy atom. The summed E-state index contributed by atoms with van der Waals surface area (Å²) in [5.41, 5.74) is 5.45. The molecule has 1 aromatic heterocycles. The summed E-state index contributed by atoms with van der Waals surface area (Å²) in [5, 5.41) is 1.07. The van der Waals surface area contributed by atoms with Gasteiger partial charge < -0.3 is 14.2 Å². The fraction of sp³-hybridized carbons (Fsp3) is 0.320. The molecule has 0 unspecified atom stereocenters. The van der Waals surface area contributed by atoms with Crippen molar-refractivity contribution in [2.45, 2.75) is 33.3 Å². The highest BCUT2D eigenvalue weighted by atomic mass is 16.5. The number of methoxy groups -OCH3 is 2. The fourth-order valence-electron chi connectivity index (χ4n) is 3.37. The molecule has 0 spiro atoms. The summed E-state index contributed by atoms with van der Waals surface area (Å²) in [7, 11) is 3.35. The molecule has 0 bridgehead atoms. The maximum absolute atomic E-state index is 6.07. The Bertz CT molecular complexity index is 995. The quantitative estimate of drug-likeness (QED) is 0.408. The van der Waals surface area contributed by atoms with Crippen LogP contribution in [0.25, 0.3) is 22.0 Å². The number of pyridine rings is 1. The van der Waals surface area contributed by atoms with Crippen molar-refractivity contribution in [3.63, 3.8) is 0 Å². The van der Waals surface area contributed by atoms with Gasteiger partial charge in [-0.2, -0.15) is 0 Å².